The molecule has 0 fully saturated rings. The van der Waals surface area contributed by atoms with Gasteiger partial charge in [-0.3, -0.25) is 9.78 Å². The van der Waals surface area contributed by atoms with E-state index < -0.39 is 0 Å². The Balaban J connectivity index is 2.85. The second kappa shape index (κ2) is 7.01. The molecule has 0 unspecified atom stereocenters. The van der Waals surface area contributed by atoms with E-state index in [4.69, 9.17) is 0 Å². The van der Waals surface area contributed by atoms with E-state index in [9.17, 15) is 14.3 Å². The van der Waals surface area contributed by atoms with Crippen molar-refractivity contribution in [2.24, 2.45) is 0 Å². The Hall–Kier alpha value is -2.07. The van der Waals surface area contributed by atoms with Crippen molar-refractivity contribution < 1.29 is 14.3 Å². The molecule has 23 heavy (non-hydrogen) atoms. The summed E-state index contributed by atoms with van der Waals surface area (Å²) in [4.78, 5) is 16.4. The third-order valence-corrected chi connectivity index (χ3v) is 3.93. The smallest absolute Gasteiger partial charge is 0.152 e. The van der Waals surface area contributed by atoms with Crippen LogP contribution >= 0.6 is 0 Å². The van der Waals surface area contributed by atoms with Gasteiger partial charge in [-0.1, -0.05) is 27.7 Å². The molecule has 2 rings (SSSR count). The van der Waals surface area contributed by atoms with Crippen LogP contribution in [0.5, 0.6) is 0 Å². The average molecular weight is 315 g/mol. The molecule has 0 saturated carbocycles. The lowest BCUT2D eigenvalue weighted by Gasteiger charge is -2.22. The van der Waals surface area contributed by atoms with Crippen LogP contribution in [0.1, 0.15) is 66.7 Å². The summed E-state index contributed by atoms with van der Waals surface area (Å²) in [7, 11) is 0. The van der Waals surface area contributed by atoms with Crippen molar-refractivity contribution in [3.05, 3.63) is 52.5 Å². The number of aromatic nitrogens is 1. The summed E-state index contributed by atoms with van der Waals surface area (Å²) >= 11 is 0. The van der Waals surface area contributed by atoms with Gasteiger partial charge in [-0.05, 0) is 41.7 Å². The number of hydrogen-bond donors (Lipinski definition) is 1. The first-order valence-corrected chi connectivity index (χ1v) is 7.79. The van der Waals surface area contributed by atoms with Gasteiger partial charge in [0.05, 0.1) is 12.3 Å². The van der Waals surface area contributed by atoms with E-state index in [-0.39, 0.29) is 24.3 Å². The summed E-state index contributed by atoms with van der Waals surface area (Å²) in [6.07, 6.45) is 0.782. The van der Waals surface area contributed by atoms with E-state index >= 15 is 0 Å². The maximum Gasteiger partial charge on any atom is 0.152 e. The van der Waals surface area contributed by atoms with E-state index in [1.54, 1.807) is 12.1 Å². The molecule has 0 saturated heterocycles. The zero-order chi connectivity index (χ0) is 17.1. The number of pyridine rings is 1. The van der Waals surface area contributed by atoms with Gasteiger partial charge in [-0.2, -0.15) is 0 Å². The van der Waals surface area contributed by atoms with E-state index in [0.717, 1.165) is 23.1 Å². The predicted molar refractivity (Wildman–Crippen MR) is 89.1 cm³/mol. The molecule has 122 valence electrons. The summed E-state index contributed by atoms with van der Waals surface area (Å²) < 4.78 is 13.2. The number of carbonyl (C=O) groups excluding carboxylic acids is 1. The topological polar surface area (TPSA) is 50.2 Å². The van der Waals surface area contributed by atoms with Gasteiger partial charge in [-0.15, -0.1) is 0 Å². The van der Waals surface area contributed by atoms with Crippen molar-refractivity contribution in [1.29, 1.82) is 0 Å². The highest BCUT2D eigenvalue weighted by Gasteiger charge is 2.23. The quantitative estimate of drug-likeness (QED) is 0.830. The number of aldehydes is 1. The second-order valence-electron chi connectivity index (χ2n) is 6.24. The third-order valence-electron chi connectivity index (χ3n) is 3.93. The average Bonchev–Trinajstić information content (AvgIpc) is 2.53. The van der Waals surface area contributed by atoms with Crippen molar-refractivity contribution in [2.75, 3.05) is 0 Å². The Labute approximate surface area is 136 Å². The van der Waals surface area contributed by atoms with Gasteiger partial charge < -0.3 is 5.11 Å². The van der Waals surface area contributed by atoms with Crippen LogP contribution in [0.2, 0.25) is 0 Å². The molecule has 0 amide bonds. The van der Waals surface area contributed by atoms with Gasteiger partial charge in [0, 0.05) is 22.4 Å². The summed E-state index contributed by atoms with van der Waals surface area (Å²) in [5.74, 6) is -0.159. The molecule has 4 heteroatoms. The molecule has 3 nitrogen and oxygen atoms in total. The maximum absolute atomic E-state index is 13.2. The largest absolute Gasteiger partial charge is 0.392 e. The highest BCUT2D eigenvalue weighted by atomic mass is 19.1. The van der Waals surface area contributed by atoms with Crippen molar-refractivity contribution in [2.45, 2.75) is 46.1 Å². The number of hydrogen-bond acceptors (Lipinski definition) is 3. The zero-order valence-electron chi connectivity index (χ0n) is 13.9. The van der Waals surface area contributed by atoms with Gasteiger partial charge in [0.15, 0.2) is 6.29 Å². The van der Waals surface area contributed by atoms with Crippen molar-refractivity contribution in [1.82, 2.24) is 4.98 Å². The summed E-state index contributed by atoms with van der Waals surface area (Å²) in [5, 5.41) is 9.81. The van der Waals surface area contributed by atoms with E-state index in [2.05, 4.69) is 4.98 Å². The molecule has 1 aromatic heterocycles. The molecule has 0 atom stereocenters. The Morgan fingerprint density at radius 1 is 1.13 bits per heavy atom. The highest BCUT2D eigenvalue weighted by molar-refractivity contribution is 5.88. The number of aliphatic hydroxyl groups is 1. The molecule has 0 spiro atoms. The summed E-state index contributed by atoms with van der Waals surface area (Å²) in [6.45, 7) is 7.82. The molecular weight excluding hydrogens is 293 g/mol. The standard InChI is InChI=1S/C19H22FNO2/c1-11(2)17-15(9-22)18(12(3)4)21-19(16(17)10-23)13-5-7-14(20)8-6-13/h5-8,10-12,22H,9H2,1-4H3. The number of aliphatic hydroxyl groups excluding tert-OH is 1. The molecule has 0 aliphatic rings. The van der Waals surface area contributed by atoms with Crippen molar-refractivity contribution >= 4 is 6.29 Å². The molecular formula is C19H22FNO2. The molecule has 0 aliphatic heterocycles. The Kier molecular flexibility index (Phi) is 5.26. The monoisotopic (exact) mass is 315 g/mol. The van der Waals surface area contributed by atoms with Crippen LogP contribution in [0, 0.1) is 5.82 Å². The SMILES string of the molecule is CC(C)c1nc(-c2ccc(F)cc2)c(C=O)c(C(C)C)c1CO. The summed E-state index contributed by atoms with van der Waals surface area (Å²) in [5.41, 5.74) is 4.04. The normalized spacial score (nSPS) is 11.3. The molecule has 2 aromatic rings. The fourth-order valence-electron chi connectivity index (χ4n) is 2.93. The molecule has 0 aliphatic carbocycles. The van der Waals surface area contributed by atoms with Crippen LogP contribution in [0.25, 0.3) is 11.3 Å². The minimum absolute atomic E-state index is 0.0667. The van der Waals surface area contributed by atoms with Gasteiger partial charge in [0.25, 0.3) is 0 Å². The number of rotatable bonds is 5. The van der Waals surface area contributed by atoms with Crippen molar-refractivity contribution in [3.63, 3.8) is 0 Å². The molecule has 1 heterocycles. The second-order valence-corrected chi connectivity index (χ2v) is 6.24. The van der Waals surface area contributed by atoms with Crippen LogP contribution in [0.15, 0.2) is 24.3 Å². The first-order valence-electron chi connectivity index (χ1n) is 7.79. The number of nitrogens with zero attached hydrogens (tertiary/aromatic N) is 1. The van der Waals surface area contributed by atoms with Gasteiger partial charge in [0.1, 0.15) is 5.82 Å². The molecule has 1 aromatic carbocycles. The fourth-order valence-corrected chi connectivity index (χ4v) is 2.93. The number of benzene rings is 1. The zero-order valence-corrected chi connectivity index (χ0v) is 13.9. The maximum atomic E-state index is 13.2. The Morgan fingerprint density at radius 3 is 2.17 bits per heavy atom. The van der Waals surface area contributed by atoms with E-state index in [1.807, 2.05) is 27.7 Å². The molecule has 1 N–H and O–H groups in total. The van der Waals surface area contributed by atoms with Gasteiger partial charge in [-0.25, -0.2) is 4.39 Å². The number of halogens is 1. The van der Waals surface area contributed by atoms with Crippen LogP contribution in [-0.4, -0.2) is 16.4 Å². The van der Waals surface area contributed by atoms with Crippen molar-refractivity contribution in [3.8, 4) is 11.3 Å². The van der Waals surface area contributed by atoms with E-state index in [0.29, 0.717) is 16.8 Å². The summed E-state index contributed by atoms with van der Waals surface area (Å²) in [6, 6.07) is 5.96. The minimum atomic E-state index is -0.332. The first-order chi connectivity index (χ1) is 10.9. The van der Waals surface area contributed by atoms with Crippen LogP contribution < -0.4 is 0 Å². The van der Waals surface area contributed by atoms with Gasteiger partial charge >= 0.3 is 0 Å². The Morgan fingerprint density at radius 2 is 1.74 bits per heavy atom. The minimum Gasteiger partial charge on any atom is -0.392 e. The number of carbonyl (C=O) groups is 1. The third kappa shape index (κ3) is 3.32. The fraction of sp³-hybridized carbons (Fsp3) is 0.368. The molecule has 0 bridgehead atoms. The van der Waals surface area contributed by atoms with Crippen LogP contribution in [0.3, 0.4) is 0 Å². The van der Waals surface area contributed by atoms with Crippen LogP contribution in [0.4, 0.5) is 4.39 Å². The first kappa shape index (κ1) is 17.3. The predicted octanol–water partition coefficient (Wildman–Crippen LogP) is 4.44. The Bertz CT molecular complexity index is 706. The van der Waals surface area contributed by atoms with Crippen LogP contribution in [-0.2, 0) is 6.61 Å². The lowest BCUT2D eigenvalue weighted by atomic mass is 9.87. The highest BCUT2D eigenvalue weighted by Crippen LogP contribution is 2.34. The van der Waals surface area contributed by atoms with Gasteiger partial charge in [0.2, 0.25) is 0 Å². The van der Waals surface area contributed by atoms with E-state index in [1.165, 1.54) is 12.1 Å². The lowest BCUT2D eigenvalue weighted by molar-refractivity contribution is 0.112. The molecule has 0 radical (unpaired) electrons. The lowest BCUT2D eigenvalue weighted by Crippen LogP contribution is -2.12.